The summed E-state index contributed by atoms with van der Waals surface area (Å²) in [6.45, 7) is 0.517. The molecule has 0 fully saturated rings. The molecular formula is C21H14ClF3N8O. The van der Waals surface area contributed by atoms with Crippen molar-refractivity contribution in [2.24, 2.45) is 0 Å². The predicted molar refractivity (Wildman–Crippen MR) is 114 cm³/mol. The smallest absolute Gasteiger partial charge is 0.402 e. The van der Waals surface area contributed by atoms with Crippen LogP contribution in [0, 0.1) is 0 Å². The first kappa shape index (κ1) is 20.7. The van der Waals surface area contributed by atoms with Crippen molar-refractivity contribution in [3.05, 3.63) is 76.7 Å². The van der Waals surface area contributed by atoms with Crippen LogP contribution >= 0.6 is 11.6 Å². The normalized spacial score (nSPS) is 16.2. The molecule has 34 heavy (non-hydrogen) atoms. The molecule has 0 unspecified atom stereocenters. The van der Waals surface area contributed by atoms with Gasteiger partial charge >= 0.3 is 12.2 Å². The van der Waals surface area contributed by atoms with Crippen molar-refractivity contribution in [2.45, 2.75) is 18.6 Å². The van der Waals surface area contributed by atoms with Crippen LogP contribution in [0.2, 0.25) is 5.02 Å². The molecule has 1 N–H and O–H groups in total. The SMILES string of the molecule is FC(F)(F)c1ccc(-c2nnc(N3CCc4[nH]cnc4[C@H]3c3cc4c(Cl)cccn4n3)o2)nc1. The number of imidazole rings is 1. The highest BCUT2D eigenvalue weighted by molar-refractivity contribution is 6.33. The van der Waals surface area contributed by atoms with Crippen LogP contribution in [0.4, 0.5) is 19.2 Å². The van der Waals surface area contributed by atoms with Gasteiger partial charge < -0.3 is 14.3 Å². The van der Waals surface area contributed by atoms with Gasteiger partial charge in [-0.1, -0.05) is 16.7 Å². The Morgan fingerprint density at radius 1 is 1.15 bits per heavy atom. The second-order valence-corrected chi connectivity index (χ2v) is 8.09. The van der Waals surface area contributed by atoms with Gasteiger partial charge in [0.15, 0.2) is 0 Å². The van der Waals surface area contributed by atoms with Gasteiger partial charge in [-0.2, -0.15) is 18.3 Å². The van der Waals surface area contributed by atoms with Crippen molar-refractivity contribution in [3.8, 4) is 11.6 Å². The lowest BCUT2D eigenvalue weighted by Gasteiger charge is -2.32. The van der Waals surface area contributed by atoms with Crippen LogP contribution in [0.3, 0.4) is 0 Å². The first-order chi connectivity index (χ1) is 16.4. The van der Waals surface area contributed by atoms with Crippen LogP contribution in [0.1, 0.15) is 28.7 Å². The molecular weight excluding hydrogens is 473 g/mol. The fourth-order valence-electron chi connectivity index (χ4n) is 4.04. The molecule has 0 radical (unpaired) electrons. The molecule has 0 bridgehead atoms. The number of aromatic nitrogens is 7. The van der Waals surface area contributed by atoms with Gasteiger partial charge in [0.05, 0.1) is 33.8 Å². The number of fused-ring (bicyclic) bond motifs is 2. The van der Waals surface area contributed by atoms with Crippen molar-refractivity contribution >= 4 is 23.1 Å². The second kappa shape index (κ2) is 7.55. The maximum absolute atomic E-state index is 12.8. The standard InChI is InChI=1S/C21H14ClF3N8O/c22-12-2-1-6-33-16(12)8-15(31-33)18-17-13(27-10-28-17)5-7-32(18)20-30-29-19(34-20)14-4-3-11(9-26-14)21(23,24)25/h1-4,6,8-10,18H,5,7H2,(H,27,28)/t18-/m1/s1. The molecule has 6 heterocycles. The van der Waals surface area contributed by atoms with Gasteiger partial charge in [-0.05, 0) is 30.3 Å². The average molecular weight is 487 g/mol. The van der Waals surface area contributed by atoms with Gasteiger partial charge in [0, 0.05) is 31.1 Å². The topological polar surface area (TPSA) is 101 Å². The molecule has 0 saturated carbocycles. The van der Waals surface area contributed by atoms with E-state index in [1.54, 1.807) is 29.2 Å². The van der Waals surface area contributed by atoms with Gasteiger partial charge in [0.2, 0.25) is 0 Å². The molecule has 9 nitrogen and oxygen atoms in total. The Balaban J connectivity index is 1.39. The van der Waals surface area contributed by atoms with Gasteiger partial charge in [-0.25, -0.2) is 9.50 Å². The third-order valence-electron chi connectivity index (χ3n) is 5.64. The highest BCUT2D eigenvalue weighted by Crippen LogP contribution is 2.37. The van der Waals surface area contributed by atoms with Crippen molar-refractivity contribution in [2.75, 3.05) is 11.4 Å². The van der Waals surface area contributed by atoms with E-state index >= 15 is 0 Å². The van der Waals surface area contributed by atoms with E-state index in [1.165, 1.54) is 6.07 Å². The number of anilines is 1. The molecule has 1 aliphatic heterocycles. The molecule has 5 aromatic rings. The van der Waals surface area contributed by atoms with Gasteiger partial charge in [-0.3, -0.25) is 4.98 Å². The van der Waals surface area contributed by atoms with Crippen LogP contribution in [-0.4, -0.2) is 41.3 Å². The Morgan fingerprint density at radius 3 is 2.79 bits per heavy atom. The van der Waals surface area contributed by atoms with E-state index < -0.39 is 17.8 Å². The summed E-state index contributed by atoms with van der Waals surface area (Å²) < 4.78 is 46.1. The number of rotatable bonds is 3. The van der Waals surface area contributed by atoms with E-state index in [-0.39, 0.29) is 17.6 Å². The molecule has 0 spiro atoms. The van der Waals surface area contributed by atoms with Crippen molar-refractivity contribution in [1.82, 2.24) is 34.8 Å². The van der Waals surface area contributed by atoms with E-state index in [2.05, 4.69) is 30.2 Å². The van der Waals surface area contributed by atoms with Crippen molar-refractivity contribution in [1.29, 1.82) is 0 Å². The van der Waals surface area contributed by atoms with E-state index in [1.807, 2.05) is 11.0 Å². The lowest BCUT2D eigenvalue weighted by molar-refractivity contribution is -0.137. The molecule has 0 saturated heterocycles. The number of pyridine rings is 2. The summed E-state index contributed by atoms with van der Waals surface area (Å²) in [5, 5.41) is 13.4. The van der Waals surface area contributed by atoms with Crippen molar-refractivity contribution in [3.63, 3.8) is 0 Å². The summed E-state index contributed by atoms with van der Waals surface area (Å²) in [5.74, 6) is 0.00773. The maximum Gasteiger partial charge on any atom is 0.417 e. The largest absolute Gasteiger partial charge is 0.417 e. The minimum Gasteiger partial charge on any atom is -0.402 e. The summed E-state index contributed by atoms with van der Waals surface area (Å²) >= 11 is 6.34. The third kappa shape index (κ3) is 3.37. The first-order valence-corrected chi connectivity index (χ1v) is 10.6. The van der Waals surface area contributed by atoms with Crippen LogP contribution in [0.5, 0.6) is 0 Å². The quantitative estimate of drug-likeness (QED) is 0.405. The molecule has 13 heteroatoms. The number of hydrogen-bond acceptors (Lipinski definition) is 7. The third-order valence-corrected chi connectivity index (χ3v) is 5.96. The summed E-state index contributed by atoms with van der Waals surface area (Å²) in [7, 11) is 0. The van der Waals surface area contributed by atoms with Gasteiger partial charge in [0.25, 0.3) is 5.89 Å². The number of aromatic amines is 1. The average Bonchev–Trinajstić information content (AvgIpc) is 3.57. The fraction of sp³-hybridized carbons (Fsp3) is 0.190. The van der Waals surface area contributed by atoms with Crippen LogP contribution < -0.4 is 4.90 Å². The summed E-state index contributed by atoms with van der Waals surface area (Å²) in [4.78, 5) is 13.3. The number of halogens is 4. The Labute approximate surface area is 194 Å². The second-order valence-electron chi connectivity index (χ2n) is 7.69. The molecule has 6 rings (SSSR count). The molecule has 0 aromatic carbocycles. The van der Waals surface area contributed by atoms with Gasteiger partial charge in [-0.15, -0.1) is 5.10 Å². The summed E-state index contributed by atoms with van der Waals surface area (Å²) in [6, 6.07) is 7.31. The molecule has 0 amide bonds. The van der Waals surface area contributed by atoms with E-state index in [4.69, 9.17) is 16.0 Å². The highest BCUT2D eigenvalue weighted by Gasteiger charge is 2.36. The monoisotopic (exact) mass is 486 g/mol. The number of H-pyrrole nitrogens is 1. The first-order valence-electron chi connectivity index (χ1n) is 10.2. The minimum absolute atomic E-state index is 0.00773. The van der Waals surface area contributed by atoms with Crippen LogP contribution in [0.25, 0.3) is 17.1 Å². The minimum atomic E-state index is -4.48. The van der Waals surface area contributed by atoms with Crippen molar-refractivity contribution < 1.29 is 17.6 Å². The Bertz CT molecular complexity index is 1490. The highest BCUT2D eigenvalue weighted by atomic mass is 35.5. The van der Waals surface area contributed by atoms with Crippen LogP contribution in [0.15, 0.2) is 53.5 Å². The molecule has 1 atom stereocenters. The van der Waals surface area contributed by atoms with Crippen LogP contribution in [-0.2, 0) is 12.6 Å². The summed E-state index contributed by atoms with van der Waals surface area (Å²) in [6.07, 6.45) is 0.320. The lowest BCUT2D eigenvalue weighted by atomic mass is 10.0. The summed E-state index contributed by atoms with van der Waals surface area (Å²) in [5.41, 5.74) is 2.42. The molecule has 172 valence electrons. The molecule has 0 aliphatic carbocycles. The lowest BCUT2D eigenvalue weighted by Crippen LogP contribution is -2.36. The number of nitrogens with zero attached hydrogens (tertiary/aromatic N) is 7. The van der Waals surface area contributed by atoms with Gasteiger partial charge in [0.1, 0.15) is 11.7 Å². The van der Waals surface area contributed by atoms with E-state index in [9.17, 15) is 13.2 Å². The zero-order valence-corrected chi connectivity index (χ0v) is 17.9. The number of hydrogen-bond donors (Lipinski definition) is 1. The Morgan fingerprint density at radius 2 is 2.03 bits per heavy atom. The number of nitrogens with one attached hydrogen (secondary N) is 1. The number of alkyl halides is 3. The van der Waals surface area contributed by atoms with E-state index in [0.717, 1.165) is 29.2 Å². The zero-order valence-electron chi connectivity index (χ0n) is 17.2. The fourth-order valence-corrected chi connectivity index (χ4v) is 4.25. The maximum atomic E-state index is 12.8. The molecule has 1 aliphatic rings. The molecule has 5 aromatic heterocycles. The Kier molecular flexibility index (Phi) is 4.59. The zero-order chi connectivity index (χ0) is 23.4. The Hall–Kier alpha value is -3.93. The predicted octanol–water partition coefficient (Wildman–Crippen LogP) is 4.33. The van der Waals surface area contributed by atoms with E-state index in [0.29, 0.717) is 23.7 Å².